The van der Waals surface area contributed by atoms with Gasteiger partial charge in [-0.3, -0.25) is 4.79 Å². The number of unbranched alkanes of at least 4 members (excludes halogenated alkanes) is 1. The molecular weight excluding hydrogens is 342 g/mol. The van der Waals surface area contributed by atoms with Gasteiger partial charge in [0.25, 0.3) is 5.91 Å². The predicted octanol–water partition coefficient (Wildman–Crippen LogP) is 4.90. The number of carbonyl (C=O) groups excluding carboxylic acids is 1. The fourth-order valence-electron chi connectivity index (χ4n) is 2.04. The van der Waals surface area contributed by atoms with Crippen molar-refractivity contribution in [2.75, 3.05) is 18.6 Å². The zero-order valence-electron chi connectivity index (χ0n) is 12.9. The molecule has 2 aromatic rings. The van der Waals surface area contributed by atoms with E-state index < -0.39 is 0 Å². The van der Waals surface area contributed by atoms with Crippen LogP contribution >= 0.6 is 15.9 Å². The van der Waals surface area contributed by atoms with E-state index in [0.717, 1.165) is 28.8 Å². The number of rotatable bonds is 6. The van der Waals surface area contributed by atoms with Crippen molar-refractivity contribution in [3.05, 3.63) is 58.6 Å². The number of benzene rings is 2. The fourth-order valence-corrected chi connectivity index (χ4v) is 2.53. The zero-order valence-corrected chi connectivity index (χ0v) is 14.5. The monoisotopic (exact) mass is 361 g/mol. The van der Waals surface area contributed by atoms with Crippen LogP contribution in [0.15, 0.2) is 53.0 Å². The van der Waals surface area contributed by atoms with Gasteiger partial charge in [0.2, 0.25) is 0 Å². The molecule has 2 aromatic carbocycles. The number of halogens is 1. The number of amides is 1. The molecule has 0 N–H and O–H groups in total. The van der Waals surface area contributed by atoms with Gasteiger partial charge in [-0.2, -0.15) is 0 Å². The molecule has 0 fully saturated rings. The SMILES string of the molecule is CCCCOc1ccc(C(=O)N(C)c2ccccc2)cc1Br. The number of ether oxygens (including phenoxy) is 1. The lowest BCUT2D eigenvalue weighted by Gasteiger charge is -2.18. The first-order valence-electron chi connectivity index (χ1n) is 7.39. The Morgan fingerprint density at radius 2 is 1.91 bits per heavy atom. The first kappa shape index (κ1) is 16.6. The summed E-state index contributed by atoms with van der Waals surface area (Å²) in [7, 11) is 1.78. The van der Waals surface area contributed by atoms with Crippen LogP contribution in [-0.4, -0.2) is 19.6 Å². The zero-order chi connectivity index (χ0) is 15.9. The number of carbonyl (C=O) groups is 1. The minimum absolute atomic E-state index is 0.0491. The van der Waals surface area contributed by atoms with Gasteiger partial charge >= 0.3 is 0 Å². The van der Waals surface area contributed by atoms with Crippen molar-refractivity contribution >= 4 is 27.5 Å². The second-order valence-electron chi connectivity index (χ2n) is 5.05. The molecule has 0 radical (unpaired) electrons. The van der Waals surface area contributed by atoms with Crippen LogP contribution in [0.2, 0.25) is 0 Å². The molecule has 0 saturated carbocycles. The summed E-state index contributed by atoms with van der Waals surface area (Å²) >= 11 is 3.48. The third kappa shape index (κ3) is 4.10. The standard InChI is InChI=1S/C18H20BrNO2/c1-3-4-12-22-17-11-10-14(13-16(17)19)18(21)20(2)15-8-6-5-7-9-15/h5-11,13H,3-4,12H2,1-2H3. The first-order chi connectivity index (χ1) is 10.6. The molecule has 0 unspecified atom stereocenters. The second kappa shape index (κ2) is 7.99. The Morgan fingerprint density at radius 3 is 2.55 bits per heavy atom. The lowest BCUT2D eigenvalue weighted by Crippen LogP contribution is -2.26. The van der Waals surface area contributed by atoms with Crippen LogP contribution in [0, 0.1) is 0 Å². The number of nitrogens with zero attached hydrogens (tertiary/aromatic N) is 1. The number of para-hydroxylation sites is 1. The molecule has 0 atom stereocenters. The van der Waals surface area contributed by atoms with Gasteiger partial charge in [0, 0.05) is 18.3 Å². The maximum absolute atomic E-state index is 12.5. The van der Waals surface area contributed by atoms with Crippen LogP contribution in [0.1, 0.15) is 30.1 Å². The largest absolute Gasteiger partial charge is 0.492 e. The summed E-state index contributed by atoms with van der Waals surface area (Å²) in [5.41, 5.74) is 1.49. The lowest BCUT2D eigenvalue weighted by molar-refractivity contribution is 0.0993. The topological polar surface area (TPSA) is 29.5 Å². The Balaban J connectivity index is 2.12. The van der Waals surface area contributed by atoms with E-state index in [4.69, 9.17) is 4.74 Å². The van der Waals surface area contributed by atoms with Crippen molar-refractivity contribution < 1.29 is 9.53 Å². The van der Waals surface area contributed by atoms with Crippen LogP contribution in [0.4, 0.5) is 5.69 Å². The van der Waals surface area contributed by atoms with E-state index in [0.29, 0.717) is 12.2 Å². The van der Waals surface area contributed by atoms with Crippen molar-refractivity contribution in [1.29, 1.82) is 0 Å². The van der Waals surface area contributed by atoms with Gasteiger partial charge in [-0.15, -0.1) is 0 Å². The molecule has 22 heavy (non-hydrogen) atoms. The van der Waals surface area contributed by atoms with Crippen molar-refractivity contribution in [3.63, 3.8) is 0 Å². The Morgan fingerprint density at radius 1 is 1.18 bits per heavy atom. The third-order valence-corrected chi connectivity index (χ3v) is 4.00. The van der Waals surface area contributed by atoms with Gasteiger partial charge < -0.3 is 9.64 Å². The van der Waals surface area contributed by atoms with Crippen LogP contribution in [0.3, 0.4) is 0 Å². The number of hydrogen-bond donors (Lipinski definition) is 0. The van der Waals surface area contributed by atoms with E-state index in [1.54, 1.807) is 18.0 Å². The van der Waals surface area contributed by atoms with E-state index in [2.05, 4.69) is 22.9 Å². The van der Waals surface area contributed by atoms with E-state index in [9.17, 15) is 4.79 Å². The van der Waals surface area contributed by atoms with Gasteiger partial charge in [-0.05, 0) is 52.7 Å². The Bertz CT molecular complexity index is 628. The predicted molar refractivity (Wildman–Crippen MR) is 93.7 cm³/mol. The highest BCUT2D eigenvalue weighted by Gasteiger charge is 2.15. The Hall–Kier alpha value is -1.81. The minimum atomic E-state index is -0.0491. The Labute approximate surface area is 140 Å². The summed E-state index contributed by atoms with van der Waals surface area (Å²) in [6, 6.07) is 15.0. The van der Waals surface area contributed by atoms with Crippen molar-refractivity contribution in [2.24, 2.45) is 0 Å². The van der Waals surface area contributed by atoms with Crippen LogP contribution in [0.25, 0.3) is 0 Å². The van der Waals surface area contributed by atoms with Gasteiger partial charge in [0.15, 0.2) is 0 Å². The van der Waals surface area contributed by atoms with E-state index in [-0.39, 0.29) is 5.91 Å². The molecule has 3 nitrogen and oxygen atoms in total. The van der Waals surface area contributed by atoms with E-state index >= 15 is 0 Å². The molecule has 0 aliphatic rings. The molecule has 1 amide bonds. The fraction of sp³-hybridized carbons (Fsp3) is 0.278. The van der Waals surface area contributed by atoms with Crippen molar-refractivity contribution in [1.82, 2.24) is 0 Å². The average molecular weight is 362 g/mol. The number of hydrogen-bond acceptors (Lipinski definition) is 2. The molecule has 0 spiro atoms. The number of anilines is 1. The average Bonchev–Trinajstić information content (AvgIpc) is 2.56. The van der Waals surface area contributed by atoms with Crippen molar-refractivity contribution in [3.8, 4) is 5.75 Å². The maximum atomic E-state index is 12.5. The summed E-state index contributed by atoms with van der Waals surface area (Å²) in [5.74, 6) is 0.722. The molecule has 0 heterocycles. The second-order valence-corrected chi connectivity index (χ2v) is 5.90. The van der Waals surface area contributed by atoms with Crippen molar-refractivity contribution in [2.45, 2.75) is 19.8 Å². The molecular formula is C18H20BrNO2. The molecule has 0 aliphatic heterocycles. The summed E-state index contributed by atoms with van der Waals surface area (Å²) in [6.45, 7) is 2.81. The molecule has 0 aliphatic carbocycles. The quantitative estimate of drug-likeness (QED) is 0.684. The van der Waals surface area contributed by atoms with Gasteiger partial charge in [0.1, 0.15) is 5.75 Å². The van der Waals surface area contributed by atoms with Crippen LogP contribution in [-0.2, 0) is 0 Å². The highest BCUT2D eigenvalue weighted by atomic mass is 79.9. The van der Waals surface area contributed by atoms with E-state index in [1.165, 1.54) is 0 Å². The summed E-state index contributed by atoms with van der Waals surface area (Å²) < 4.78 is 6.49. The molecule has 116 valence electrons. The van der Waals surface area contributed by atoms with Crippen LogP contribution in [0.5, 0.6) is 5.75 Å². The summed E-state index contributed by atoms with van der Waals surface area (Å²) in [4.78, 5) is 14.2. The molecule has 0 bridgehead atoms. The van der Waals surface area contributed by atoms with Gasteiger partial charge in [-0.1, -0.05) is 31.5 Å². The van der Waals surface area contributed by atoms with Gasteiger partial charge in [-0.25, -0.2) is 0 Å². The molecule has 2 rings (SSSR count). The van der Waals surface area contributed by atoms with E-state index in [1.807, 2.05) is 42.5 Å². The highest BCUT2D eigenvalue weighted by Crippen LogP contribution is 2.27. The molecule has 0 saturated heterocycles. The smallest absolute Gasteiger partial charge is 0.258 e. The molecule has 4 heteroatoms. The summed E-state index contributed by atoms with van der Waals surface area (Å²) in [5, 5.41) is 0. The first-order valence-corrected chi connectivity index (χ1v) is 8.18. The highest BCUT2D eigenvalue weighted by molar-refractivity contribution is 9.10. The molecule has 0 aromatic heterocycles. The lowest BCUT2D eigenvalue weighted by atomic mass is 10.2. The third-order valence-electron chi connectivity index (χ3n) is 3.38. The van der Waals surface area contributed by atoms with Gasteiger partial charge in [0.05, 0.1) is 11.1 Å². The normalized spacial score (nSPS) is 10.3. The minimum Gasteiger partial charge on any atom is -0.492 e. The Kier molecular flexibility index (Phi) is 6.01. The van der Waals surface area contributed by atoms with Crippen LogP contribution < -0.4 is 9.64 Å². The maximum Gasteiger partial charge on any atom is 0.258 e. The summed E-state index contributed by atoms with van der Waals surface area (Å²) in [6.07, 6.45) is 2.11.